The Morgan fingerprint density at radius 3 is 0.893 bits per heavy atom. The normalized spacial score (nSPS) is 12.0. The van der Waals surface area contributed by atoms with Crippen LogP contribution in [0, 0.1) is 0 Å². The summed E-state index contributed by atoms with van der Waals surface area (Å²) < 4.78 is 16.7. The van der Waals surface area contributed by atoms with Crippen molar-refractivity contribution >= 4 is 17.9 Å². The Morgan fingerprint density at radius 2 is 0.589 bits per heavy atom. The fourth-order valence-corrected chi connectivity index (χ4v) is 7.26. The summed E-state index contributed by atoms with van der Waals surface area (Å²) in [7, 11) is 0. The van der Waals surface area contributed by atoms with Crippen molar-refractivity contribution in [1.82, 2.24) is 0 Å². The molecule has 6 heteroatoms. The van der Waals surface area contributed by atoms with E-state index in [0.29, 0.717) is 19.3 Å². The minimum atomic E-state index is -0.764. The van der Waals surface area contributed by atoms with E-state index in [9.17, 15) is 14.4 Å². The molecule has 0 saturated heterocycles. The maximum Gasteiger partial charge on any atom is 0.306 e. The summed E-state index contributed by atoms with van der Waals surface area (Å²) >= 11 is 0. The molecule has 0 aromatic rings. The van der Waals surface area contributed by atoms with Crippen LogP contribution in [0.5, 0.6) is 0 Å². The molecule has 0 radical (unpaired) electrons. The van der Waals surface area contributed by atoms with E-state index in [2.05, 4.69) is 32.9 Å². The minimum absolute atomic E-state index is 0.0682. The molecule has 56 heavy (non-hydrogen) atoms. The third-order valence-electron chi connectivity index (χ3n) is 11.0. The number of allylic oxidation sites excluding steroid dienone is 2. The molecule has 0 saturated carbocycles. The van der Waals surface area contributed by atoms with Crippen LogP contribution < -0.4 is 0 Å². The zero-order valence-electron chi connectivity index (χ0n) is 37.7. The summed E-state index contributed by atoms with van der Waals surface area (Å²) in [6.07, 6.45) is 49.1. The van der Waals surface area contributed by atoms with Crippen molar-refractivity contribution < 1.29 is 28.6 Å². The van der Waals surface area contributed by atoms with Crippen molar-refractivity contribution in [2.75, 3.05) is 13.2 Å². The van der Waals surface area contributed by atoms with Gasteiger partial charge in [0.05, 0.1) is 0 Å². The van der Waals surface area contributed by atoms with Crippen LogP contribution in [0.3, 0.4) is 0 Å². The first-order valence-corrected chi connectivity index (χ1v) is 24.7. The molecule has 0 bridgehead atoms. The minimum Gasteiger partial charge on any atom is -0.462 e. The monoisotopic (exact) mass is 791 g/mol. The Bertz CT molecular complexity index is 870. The van der Waals surface area contributed by atoms with Crippen LogP contribution in [0.2, 0.25) is 0 Å². The zero-order valence-corrected chi connectivity index (χ0v) is 37.7. The van der Waals surface area contributed by atoms with Crippen molar-refractivity contribution in [2.24, 2.45) is 0 Å². The highest BCUT2D eigenvalue weighted by atomic mass is 16.6. The Kier molecular flexibility index (Phi) is 44.3. The molecule has 0 spiro atoms. The third-order valence-corrected chi connectivity index (χ3v) is 11.0. The highest BCUT2D eigenvalue weighted by molar-refractivity contribution is 5.71. The fourth-order valence-electron chi connectivity index (χ4n) is 7.26. The maximum atomic E-state index is 12.7. The van der Waals surface area contributed by atoms with E-state index in [1.165, 1.54) is 167 Å². The molecule has 1 unspecified atom stereocenters. The molecule has 1 atom stereocenters. The van der Waals surface area contributed by atoms with Crippen LogP contribution in [0.15, 0.2) is 12.2 Å². The molecule has 0 aliphatic heterocycles. The number of esters is 3. The van der Waals surface area contributed by atoms with Crippen LogP contribution >= 0.6 is 0 Å². The first kappa shape index (κ1) is 54.2. The topological polar surface area (TPSA) is 78.9 Å². The molecule has 0 heterocycles. The standard InChI is InChI=1S/C50H94O6/c1-4-7-10-13-16-19-22-23-24-25-26-27-28-29-32-34-37-40-43-49(52)55-46-47(56-50(53)44-41-38-35-31-21-18-15-12-9-6-3)45-54-48(51)42-39-36-33-30-20-17-14-11-8-5-2/h26-27,47H,4-25,28-46H2,1-3H3/b27-26-. The van der Waals surface area contributed by atoms with Crippen LogP contribution in [-0.2, 0) is 28.6 Å². The molecule has 330 valence electrons. The van der Waals surface area contributed by atoms with E-state index in [0.717, 1.165) is 64.2 Å². The number of carbonyl (C=O) groups excluding carboxylic acids is 3. The Labute approximate surface area is 348 Å². The summed E-state index contributed by atoms with van der Waals surface area (Å²) in [5, 5.41) is 0. The van der Waals surface area contributed by atoms with Gasteiger partial charge in [0.2, 0.25) is 0 Å². The van der Waals surface area contributed by atoms with Gasteiger partial charge in [-0.05, 0) is 44.9 Å². The average molecular weight is 791 g/mol. The number of rotatable bonds is 45. The quantitative estimate of drug-likeness (QED) is 0.0264. The first-order valence-electron chi connectivity index (χ1n) is 24.7. The van der Waals surface area contributed by atoms with Crippen molar-refractivity contribution in [3.8, 4) is 0 Å². The van der Waals surface area contributed by atoms with Crippen LogP contribution in [0.4, 0.5) is 0 Å². The summed E-state index contributed by atoms with van der Waals surface area (Å²) in [5.41, 5.74) is 0. The lowest BCUT2D eigenvalue weighted by atomic mass is 10.1. The van der Waals surface area contributed by atoms with Gasteiger partial charge in [-0.15, -0.1) is 0 Å². The SMILES string of the molecule is CCCCCCCCCCC/C=C\CCCCCCCC(=O)OCC(COC(=O)CCCCCCCCCCCC)OC(=O)CCCCCCCCCCCC. The van der Waals surface area contributed by atoms with E-state index in [1.54, 1.807) is 0 Å². The highest BCUT2D eigenvalue weighted by Gasteiger charge is 2.19. The van der Waals surface area contributed by atoms with Gasteiger partial charge in [-0.1, -0.05) is 219 Å². The Balaban J connectivity index is 4.26. The van der Waals surface area contributed by atoms with Crippen LogP contribution in [0.1, 0.15) is 271 Å². The van der Waals surface area contributed by atoms with Gasteiger partial charge in [-0.3, -0.25) is 14.4 Å². The number of hydrogen-bond acceptors (Lipinski definition) is 6. The summed E-state index contributed by atoms with van der Waals surface area (Å²) in [5.74, 6) is -0.868. The van der Waals surface area contributed by atoms with Crippen molar-refractivity contribution in [2.45, 2.75) is 277 Å². The third kappa shape index (κ3) is 43.3. The lowest BCUT2D eigenvalue weighted by molar-refractivity contribution is -0.167. The van der Waals surface area contributed by atoms with E-state index in [4.69, 9.17) is 14.2 Å². The van der Waals surface area contributed by atoms with Gasteiger partial charge < -0.3 is 14.2 Å². The lowest BCUT2D eigenvalue weighted by Crippen LogP contribution is -2.30. The van der Waals surface area contributed by atoms with Gasteiger partial charge in [0.25, 0.3) is 0 Å². The molecule has 0 amide bonds. The second-order valence-corrected chi connectivity index (χ2v) is 16.7. The van der Waals surface area contributed by atoms with Gasteiger partial charge in [0, 0.05) is 19.3 Å². The van der Waals surface area contributed by atoms with Gasteiger partial charge in [-0.2, -0.15) is 0 Å². The molecular formula is C50H94O6. The molecule has 0 aromatic heterocycles. The second kappa shape index (κ2) is 45.8. The Hall–Kier alpha value is -1.85. The molecule has 0 N–H and O–H groups in total. The molecule has 0 fully saturated rings. The predicted octanol–water partition coefficient (Wildman–Crippen LogP) is 15.8. The summed E-state index contributed by atoms with van der Waals surface area (Å²) in [6.45, 7) is 6.63. The molecule has 0 aliphatic carbocycles. The van der Waals surface area contributed by atoms with Gasteiger partial charge in [-0.25, -0.2) is 0 Å². The number of carbonyl (C=O) groups is 3. The van der Waals surface area contributed by atoms with Gasteiger partial charge in [0.1, 0.15) is 13.2 Å². The largest absolute Gasteiger partial charge is 0.462 e. The molecular weight excluding hydrogens is 697 g/mol. The number of ether oxygens (including phenoxy) is 3. The van der Waals surface area contributed by atoms with Gasteiger partial charge in [0.15, 0.2) is 6.10 Å². The zero-order chi connectivity index (χ0) is 40.8. The van der Waals surface area contributed by atoms with E-state index in [-0.39, 0.29) is 31.1 Å². The molecule has 0 rings (SSSR count). The molecule has 6 nitrogen and oxygen atoms in total. The van der Waals surface area contributed by atoms with E-state index in [1.807, 2.05) is 0 Å². The van der Waals surface area contributed by atoms with Crippen LogP contribution in [-0.4, -0.2) is 37.2 Å². The van der Waals surface area contributed by atoms with Crippen molar-refractivity contribution in [1.29, 1.82) is 0 Å². The highest BCUT2D eigenvalue weighted by Crippen LogP contribution is 2.15. The number of hydrogen-bond donors (Lipinski definition) is 0. The molecule has 0 aliphatic rings. The number of unbranched alkanes of at least 4 members (excludes halogenated alkanes) is 32. The molecule has 0 aromatic carbocycles. The fraction of sp³-hybridized carbons (Fsp3) is 0.900. The van der Waals surface area contributed by atoms with Crippen molar-refractivity contribution in [3.05, 3.63) is 12.2 Å². The van der Waals surface area contributed by atoms with Crippen LogP contribution in [0.25, 0.3) is 0 Å². The smallest absolute Gasteiger partial charge is 0.306 e. The second-order valence-electron chi connectivity index (χ2n) is 16.7. The van der Waals surface area contributed by atoms with Crippen molar-refractivity contribution in [3.63, 3.8) is 0 Å². The van der Waals surface area contributed by atoms with Gasteiger partial charge >= 0.3 is 17.9 Å². The van der Waals surface area contributed by atoms with E-state index < -0.39 is 6.10 Å². The predicted molar refractivity (Wildman–Crippen MR) is 238 cm³/mol. The maximum absolute atomic E-state index is 12.7. The summed E-state index contributed by atoms with van der Waals surface area (Å²) in [6, 6.07) is 0. The van der Waals surface area contributed by atoms with E-state index >= 15 is 0 Å². The lowest BCUT2D eigenvalue weighted by Gasteiger charge is -2.18. The first-order chi connectivity index (χ1) is 27.5. The summed E-state index contributed by atoms with van der Waals surface area (Å²) in [4.78, 5) is 37.7. The Morgan fingerprint density at radius 1 is 0.339 bits per heavy atom. The average Bonchev–Trinajstić information content (AvgIpc) is 3.19.